The Morgan fingerprint density at radius 2 is 1.64 bits per heavy atom. The Hall–Kier alpha value is -1.84. The first-order valence-corrected chi connectivity index (χ1v) is 10.9. The van der Waals surface area contributed by atoms with Crippen molar-refractivity contribution in [3.8, 4) is 0 Å². The molecule has 2 aliphatic rings. The first-order valence-electron chi connectivity index (χ1n) is 10.9. The summed E-state index contributed by atoms with van der Waals surface area (Å²) in [4.78, 5) is 27.3. The van der Waals surface area contributed by atoms with Crippen molar-refractivity contribution in [3.63, 3.8) is 0 Å². The highest BCUT2D eigenvalue weighted by molar-refractivity contribution is 5.82. The van der Waals surface area contributed by atoms with Gasteiger partial charge in [0.05, 0.1) is 0 Å². The van der Waals surface area contributed by atoms with E-state index in [1.807, 2.05) is 25.7 Å². The van der Waals surface area contributed by atoms with Crippen LogP contribution >= 0.6 is 0 Å². The molecule has 0 unspecified atom stereocenters. The summed E-state index contributed by atoms with van der Waals surface area (Å²) in [6.45, 7) is 8.00. The molecule has 154 valence electrons. The standard InChI is InChI=1S/C24H36N2O2/c1-23(2,3)22(28)26-16-12-19(13-17-26)21(27)25-18-24(14-8-5-9-15-24)20-10-6-4-7-11-20/h4,6-7,10-11,19H,5,8-9,12-18H2,1-3H3,(H,25,27). The van der Waals surface area contributed by atoms with Gasteiger partial charge in [0.25, 0.3) is 0 Å². The fourth-order valence-electron chi connectivity index (χ4n) is 4.81. The van der Waals surface area contributed by atoms with E-state index in [0.29, 0.717) is 13.1 Å². The summed E-state index contributed by atoms with van der Waals surface area (Å²) in [6.07, 6.45) is 7.60. The smallest absolute Gasteiger partial charge is 0.227 e. The largest absolute Gasteiger partial charge is 0.355 e. The summed E-state index contributed by atoms with van der Waals surface area (Å²) in [5.41, 5.74) is 1.09. The number of carbonyl (C=O) groups excluding carboxylic acids is 2. The zero-order valence-electron chi connectivity index (χ0n) is 17.8. The van der Waals surface area contributed by atoms with Crippen molar-refractivity contribution in [1.29, 1.82) is 0 Å². The van der Waals surface area contributed by atoms with E-state index in [0.717, 1.165) is 32.2 Å². The van der Waals surface area contributed by atoms with Crippen molar-refractivity contribution < 1.29 is 9.59 Å². The van der Waals surface area contributed by atoms with Gasteiger partial charge in [-0.3, -0.25) is 9.59 Å². The molecule has 0 atom stereocenters. The second kappa shape index (κ2) is 8.67. The lowest BCUT2D eigenvalue weighted by atomic mass is 9.69. The van der Waals surface area contributed by atoms with Gasteiger partial charge in [-0.2, -0.15) is 0 Å². The topological polar surface area (TPSA) is 49.4 Å². The van der Waals surface area contributed by atoms with Gasteiger partial charge in [-0.05, 0) is 31.2 Å². The number of nitrogens with zero attached hydrogens (tertiary/aromatic N) is 1. The molecule has 1 aliphatic carbocycles. The molecule has 1 aromatic carbocycles. The molecule has 2 amide bonds. The van der Waals surface area contributed by atoms with Crippen LogP contribution in [0.2, 0.25) is 0 Å². The van der Waals surface area contributed by atoms with Crippen LogP contribution < -0.4 is 5.32 Å². The Bertz CT molecular complexity index is 664. The molecule has 4 nitrogen and oxygen atoms in total. The molecule has 3 rings (SSSR count). The maximum absolute atomic E-state index is 12.9. The summed E-state index contributed by atoms with van der Waals surface area (Å²) >= 11 is 0. The van der Waals surface area contributed by atoms with Crippen molar-refractivity contribution >= 4 is 11.8 Å². The zero-order valence-corrected chi connectivity index (χ0v) is 17.8. The van der Waals surface area contributed by atoms with E-state index in [2.05, 4.69) is 35.6 Å². The van der Waals surface area contributed by atoms with Gasteiger partial charge in [-0.1, -0.05) is 70.4 Å². The molecule has 1 heterocycles. The third-order valence-electron chi connectivity index (χ3n) is 6.59. The SMILES string of the molecule is CC(C)(C)C(=O)N1CCC(C(=O)NCC2(c3ccccc3)CCCCC2)CC1. The van der Waals surface area contributed by atoms with Crippen LogP contribution in [0.25, 0.3) is 0 Å². The number of carbonyl (C=O) groups is 2. The first kappa shape index (κ1) is 20.9. The molecule has 4 heteroatoms. The van der Waals surface area contributed by atoms with Gasteiger partial charge in [-0.15, -0.1) is 0 Å². The zero-order chi connectivity index (χ0) is 20.2. The summed E-state index contributed by atoms with van der Waals surface area (Å²) in [6, 6.07) is 10.7. The van der Waals surface area contributed by atoms with Gasteiger partial charge in [-0.25, -0.2) is 0 Å². The van der Waals surface area contributed by atoms with E-state index in [-0.39, 0.29) is 28.6 Å². The fraction of sp³-hybridized carbons (Fsp3) is 0.667. The Morgan fingerprint density at radius 3 is 2.21 bits per heavy atom. The van der Waals surface area contributed by atoms with Gasteiger partial charge < -0.3 is 10.2 Å². The summed E-state index contributed by atoms with van der Waals surface area (Å²) in [7, 11) is 0. The molecule has 1 saturated heterocycles. The van der Waals surface area contributed by atoms with Crippen LogP contribution in [0.15, 0.2) is 30.3 Å². The maximum Gasteiger partial charge on any atom is 0.227 e. The minimum absolute atomic E-state index is 0.0282. The number of nitrogens with one attached hydrogen (secondary N) is 1. The lowest BCUT2D eigenvalue weighted by Crippen LogP contribution is -2.48. The number of hydrogen-bond acceptors (Lipinski definition) is 2. The molecular weight excluding hydrogens is 348 g/mol. The lowest BCUT2D eigenvalue weighted by Gasteiger charge is -2.39. The van der Waals surface area contributed by atoms with Gasteiger partial charge in [0.2, 0.25) is 11.8 Å². The number of likely N-dealkylation sites (tertiary alicyclic amines) is 1. The summed E-state index contributed by atoms with van der Waals surface area (Å²) in [5.74, 6) is 0.390. The second-order valence-electron chi connectivity index (χ2n) is 9.74. The van der Waals surface area contributed by atoms with Crippen LogP contribution in [0.3, 0.4) is 0 Å². The molecule has 1 N–H and O–H groups in total. The van der Waals surface area contributed by atoms with Crippen molar-refractivity contribution in [2.24, 2.45) is 11.3 Å². The van der Waals surface area contributed by atoms with E-state index < -0.39 is 0 Å². The molecule has 28 heavy (non-hydrogen) atoms. The molecule has 0 bridgehead atoms. The average molecular weight is 385 g/mol. The maximum atomic E-state index is 12.9. The third-order valence-corrected chi connectivity index (χ3v) is 6.59. The summed E-state index contributed by atoms with van der Waals surface area (Å²) in [5, 5.41) is 3.29. The molecule has 2 fully saturated rings. The van der Waals surface area contributed by atoms with Crippen LogP contribution in [0.5, 0.6) is 0 Å². The fourth-order valence-corrected chi connectivity index (χ4v) is 4.81. The molecule has 1 aliphatic heterocycles. The van der Waals surface area contributed by atoms with Gasteiger partial charge in [0, 0.05) is 36.4 Å². The summed E-state index contributed by atoms with van der Waals surface area (Å²) < 4.78 is 0. The van der Waals surface area contributed by atoms with Crippen LogP contribution in [0, 0.1) is 11.3 Å². The van der Waals surface area contributed by atoms with E-state index in [1.165, 1.54) is 24.8 Å². The third kappa shape index (κ3) is 4.76. The quantitative estimate of drug-likeness (QED) is 0.842. The first-order chi connectivity index (χ1) is 13.3. The normalized spacial score (nSPS) is 20.6. The van der Waals surface area contributed by atoms with Crippen molar-refractivity contribution in [1.82, 2.24) is 10.2 Å². The van der Waals surface area contributed by atoms with Crippen LogP contribution in [0.1, 0.15) is 71.3 Å². The van der Waals surface area contributed by atoms with Crippen LogP contribution in [-0.2, 0) is 15.0 Å². The molecule has 0 aromatic heterocycles. The van der Waals surface area contributed by atoms with Crippen LogP contribution in [0.4, 0.5) is 0 Å². The predicted octanol–water partition coefficient (Wildman–Crippen LogP) is 4.29. The Kier molecular flexibility index (Phi) is 6.47. The van der Waals surface area contributed by atoms with Gasteiger partial charge in [0.15, 0.2) is 0 Å². The predicted molar refractivity (Wildman–Crippen MR) is 113 cm³/mol. The monoisotopic (exact) mass is 384 g/mol. The highest BCUT2D eigenvalue weighted by Crippen LogP contribution is 2.39. The Morgan fingerprint density at radius 1 is 1.04 bits per heavy atom. The van der Waals surface area contributed by atoms with Crippen molar-refractivity contribution in [2.45, 2.75) is 71.1 Å². The minimum atomic E-state index is -0.349. The molecule has 0 spiro atoms. The van der Waals surface area contributed by atoms with E-state index in [1.54, 1.807) is 0 Å². The lowest BCUT2D eigenvalue weighted by molar-refractivity contribution is -0.142. The highest BCUT2D eigenvalue weighted by Gasteiger charge is 2.36. The van der Waals surface area contributed by atoms with Crippen LogP contribution in [-0.4, -0.2) is 36.3 Å². The number of benzene rings is 1. The molecular formula is C24H36N2O2. The van der Waals surface area contributed by atoms with Gasteiger partial charge >= 0.3 is 0 Å². The number of piperidine rings is 1. The molecule has 0 radical (unpaired) electrons. The highest BCUT2D eigenvalue weighted by atomic mass is 16.2. The minimum Gasteiger partial charge on any atom is -0.355 e. The van der Waals surface area contributed by atoms with Crippen molar-refractivity contribution in [3.05, 3.63) is 35.9 Å². The van der Waals surface area contributed by atoms with E-state index in [4.69, 9.17) is 0 Å². The number of rotatable bonds is 4. The molecule has 1 aromatic rings. The second-order valence-corrected chi connectivity index (χ2v) is 9.74. The Labute approximate surface area is 170 Å². The van der Waals surface area contributed by atoms with E-state index in [9.17, 15) is 9.59 Å². The van der Waals surface area contributed by atoms with Crippen molar-refractivity contribution in [2.75, 3.05) is 19.6 Å². The number of hydrogen-bond donors (Lipinski definition) is 1. The molecule has 1 saturated carbocycles. The Balaban J connectivity index is 1.57. The van der Waals surface area contributed by atoms with E-state index >= 15 is 0 Å². The average Bonchev–Trinajstić information content (AvgIpc) is 2.72. The number of amides is 2. The van der Waals surface area contributed by atoms with Gasteiger partial charge in [0.1, 0.15) is 0 Å².